The first-order chi connectivity index (χ1) is 8.65. The standard InChI is InChI=1S/C14H25NO2S2/c1-9(2)13(10(3)4)8-15-19(16,17)14-7-11(5)18-12(14)6/h7,9-10,13,15H,8H2,1-6H3. The molecule has 0 radical (unpaired) electrons. The Morgan fingerprint density at radius 3 is 2.05 bits per heavy atom. The van der Waals surface area contributed by atoms with Gasteiger partial charge in [-0.2, -0.15) is 0 Å². The third kappa shape index (κ3) is 4.29. The molecule has 0 bridgehead atoms. The molecule has 19 heavy (non-hydrogen) atoms. The monoisotopic (exact) mass is 303 g/mol. The molecule has 0 amide bonds. The molecule has 0 fully saturated rings. The highest BCUT2D eigenvalue weighted by atomic mass is 32.2. The van der Waals surface area contributed by atoms with Gasteiger partial charge >= 0.3 is 0 Å². The molecule has 0 atom stereocenters. The Labute approximate surface area is 121 Å². The summed E-state index contributed by atoms with van der Waals surface area (Å²) >= 11 is 1.52. The fourth-order valence-corrected chi connectivity index (χ4v) is 5.02. The Morgan fingerprint density at radius 1 is 1.16 bits per heavy atom. The van der Waals surface area contributed by atoms with E-state index in [4.69, 9.17) is 0 Å². The number of sulfonamides is 1. The first-order valence-corrected chi connectivity index (χ1v) is 9.01. The van der Waals surface area contributed by atoms with Gasteiger partial charge in [-0.05, 0) is 37.7 Å². The van der Waals surface area contributed by atoms with Crippen molar-refractivity contribution >= 4 is 21.4 Å². The van der Waals surface area contributed by atoms with Crippen LogP contribution in [0.1, 0.15) is 37.4 Å². The average molecular weight is 303 g/mol. The molecule has 0 saturated heterocycles. The van der Waals surface area contributed by atoms with Gasteiger partial charge in [0.15, 0.2) is 0 Å². The minimum atomic E-state index is -3.37. The normalized spacial score (nSPS) is 12.9. The van der Waals surface area contributed by atoms with Crippen molar-refractivity contribution in [3.63, 3.8) is 0 Å². The van der Waals surface area contributed by atoms with Gasteiger partial charge in [-0.3, -0.25) is 0 Å². The molecule has 0 aromatic carbocycles. The summed E-state index contributed by atoms with van der Waals surface area (Å²) < 4.78 is 27.4. The summed E-state index contributed by atoms with van der Waals surface area (Å²) in [5.74, 6) is 1.29. The smallest absolute Gasteiger partial charge is 0.211 e. The SMILES string of the molecule is Cc1cc(S(=O)(=O)NCC(C(C)C)C(C)C)c(C)s1. The van der Waals surface area contributed by atoms with E-state index < -0.39 is 10.0 Å². The molecule has 1 rings (SSSR count). The topological polar surface area (TPSA) is 46.2 Å². The third-order valence-corrected chi connectivity index (χ3v) is 6.15. The Kier molecular flexibility index (Phi) is 5.59. The van der Waals surface area contributed by atoms with E-state index in [1.54, 1.807) is 6.07 Å². The van der Waals surface area contributed by atoms with E-state index in [9.17, 15) is 8.42 Å². The van der Waals surface area contributed by atoms with E-state index in [-0.39, 0.29) is 0 Å². The second kappa shape index (κ2) is 6.37. The Balaban J connectivity index is 2.84. The van der Waals surface area contributed by atoms with Crippen LogP contribution in [-0.2, 0) is 10.0 Å². The van der Waals surface area contributed by atoms with Crippen molar-refractivity contribution in [2.45, 2.75) is 46.4 Å². The van der Waals surface area contributed by atoms with Gasteiger partial charge in [-0.15, -0.1) is 11.3 Å². The quantitative estimate of drug-likeness (QED) is 0.873. The summed E-state index contributed by atoms with van der Waals surface area (Å²) in [6.45, 7) is 12.8. The van der Waals surface area contributed by atoms with E-state index in [1.807, 2.05) is 13.8 Å². The van der Waals surface area contributed by atoms with Crippen LogP contribution in [0.25, 0.3) is 0 Å². The molecular formula is C14H25NO2S2. The van der Waals surface area contributed by atoms with Crippen molar-refractivity contribution in [1.29, 1.82) is 0 Å². The van der Waals surface area contributed by atoms with Gasteiger partial charge in [0.05, 0.1) is 4.90 Å². The molecular weight excluding hydrogens is 278 g/mol. The molecule has 1 aromatic heterocycles. The maximum Gasteiger partial charge on any atom is 0.241 e. The summed E-state index contributed by atoms with van der Waals surface area (Å²) in [6.07, 6.45) is 0. The van der Waals surface area contributed by atoms with Gasteiger partial charge in [-0.1, -0.05) is 27.7 Å². The van der Waals surface area contributed by atoms with Gasteiger partial charge < -0.3 is 0 Å². The minimum absolute atomic E-state index is 0.356. The summed E-state index contributed by atoms with van der Waals surface area (Å²) in [7, 11) is -3.37. The van der Waals surface area contributed by atoms with Gasteiger partial charge in [0, 0.05) is 16.3 Å². The van der Waals surface area contributed by atoms with Gasteiger partial charge in [-0.25, -0.2) is 13.1 Å². The lowest BCUT2D eigenvalue weighted by molar-refractivity contribution is 0.289. The lowest BCUT2D eigenvalue weighted by Crippen LogP contribution is -2.34. The number of rotatable bonds is 6. The molecule has 5 heteroatoms. The minimum Gasteiger partial charge on any atom is -0.211 e. The van der Waals surface area contributed by atoms with E-state index in [1.165, 1.54) is 11.3 Å². The number of nitrogens with one attached hydrogen (secondary N) is 1. The fourth-order valence-electron chi connectivity index (χ4n) is 2.40. The van der Waals surface area contributed by atoms with Crippen molar-refractivity contribution in [2.75, 3.05) is 6.54 Å². The molecule has 1 heterocycles. The van der Waals surface area contributed by atoms with Crippen LogP contribution < -0.4 is 4.72 Å². The highest BCUT2D eigenvalue weighted by Crippen LogP contribution is 2.26. The Bertz CT molecular complexity index is 508. The van der Waals surface area contributed by atoms with E-state index in [2.05, 4.69) is 32.4 Å². The predicted octanol–water partition coefficient (Wildman–Crippen LogP) is 3.57. The van der Waals surface area contributed by atoms with Crippen LogP contribution in [0.2, 0.25) is 0 Å². The molecule has 3 nitrogen and oxygen atoms in total. The summed E-state index contributed by atoms with van der Waals surface area (Å²) in [6, 6.07) is 1.75. The van der Waals surface area contributed by atoms with Crippen LogP contribution in [0.15, 0.2) is 11.0 Å². The van der Waals surface area contributed by atoms with Crippen LogP contribution in [0, 0.1) is 31.6 Å². The predicted molar refractivity (Wildman–Crippen MR) is 82.1 cm³/mol. The number of thiophene rings is 1. The lowest BCUT2D eigenvalue weighted by Gasteiger charge is -2.24. The zero-order chi connectivity index (χ0) is 14.8. The van der Waals surface area contributed by atoms with Gasteiger partial charge in [0.1, 0.15) is 0 Å². The van der Waals surface area contributed by atoms with Crippen LogP contribution in [0.3, 0.4) is 0 Å². The zero-order valence-corrected chi connectivity index (χ0v) is 14.3. The molecule has 0 unspecified atom stereocenters. The highest BCUT2D eigenvalue weighted by Gasteiger charge is 2.23. The second-order valence-corrected chi connectivity index (χ2v) is 8.98. The average Bonchev–Trinajstić information content (AvgIpc) is 2.57. The van der Waals surface area contributed by atoms with Crippen LogP contribution in [-0.4, -0.2) is 15.0 Å². The maximum atomic E-state index is 12.3. The largest absolute Gasteiger partial charge is 0.241 e. The van der Waals surface area contributed by atoms with E-state index >= 15 is 0 Å². The molecule has 0 saturated carbocycles. The van der Waals surface area contributed by atoms with Crippen LogP contribution in [0.5, 0.6) is 0 Å². The number of hydrogen-bond acceptors (Lipinski definition) is 3. The number of aryl methyl sites for hydroxylation is 2. The highest BCUT2D eigenvalue weighted by molar-refractivity contribution is 7.89. The summed E-state index contributed by atoms with van der Waals surface area (Å²) in [5.41, 5.74) is 0. The molecule has 1 aromatic rings. The molecule has 110 valence electrons. The van der Waals surface area contributed by atoms with Crippen LogP contribution >= 0.6 is 11.3 Å². The van der Waals surface area contributed by atoms with Gasteiger partial charge in [0.25, 0.3) is 0 Å². The van der Waals surface area contributed by atoms with Crippen molar-refractivity contribution in [3.8, 4) is 0 Å². The van der Waals surface area contributed by atoms with Gasteiger partial charge in [0.2, 0.25) is 10.0 Å². The van der Waals surface area contributed by atoms with Crippen molar-refractivity contribution < 1.29 is 8.42 Å². The van der Waals surface area contributed by atoms with Crippen molar-refractivity contribution in [3.05, 3.63) is 15.8 Å². The Hall–Kier alpha value is -0.390. The molecule has 1 N–H and O–H groups in total. The lowest BCUT2D eigenvalue weighted by atomic mass is 9.86. The summed E-state index contributed by atoms with van der Waals surface area (Å²) in [5, 5.41) is 0. The molecule has 0 spiro atoms. The number of hydrogen-bond donors (Lipinski definition) is 1. The first-order valence-electron chi connectivity index (χ1n) is 6.72. The third-order valence-electron chi connectivity index (χ3n) is 3.51. The van der Waals surface area contributed by atoms with Crippen molar-refractivity contribution in [1.82, 2.24) is 4.72 Å². The maximum absolute atomic E-state index is 12.3. The zero-order valence-electron chi connectivity index (χ0n) is 12.6. The van der Waals surface area contributed by atoms with Crippen molar-refractivity contribution in [2.24, 2.45) is 17.8 Å². The molecule has 0 aliphatic heterocycles. The first kappa shape index (κ1) is 16.7. The molecule has 0 aliphatic carbocycles. The van der Waals surface area contributed by atoms with Crippen LogP contribution in [0.4, 0.5) is 0 Å². The molecule has 0 aliphatic rings. The Morgan fingerprint density at radius 2 is 1.68 bits per heavy atom. The fraction of sp³-hybridized carbons (Fsp3) is 0.714. The summed E-state index contributed by atoms with van der Waals surface area (Å²) in [4.78, 5) is 2.32. The van der Waals surface area contributed by atoms with E-state index in [0.717, 1.165) is 9.75 Å². The van der Waals surface area contributed by atoms with E-state index in [0.29, 0.717) is 29.2 Å². The second-order valence-electron chi connectivity index (χ2n) is 5.78.